The SMILES string of the molecule is CCOc1ccc(N(CC(=O)N(Cc2ccccc2)[C@H](CC)C(=O)N[C@H](C)CC)S(=O)(=O)c2ccc(C)cc2)cc1. The lowest BCUT2D eigenvalue weighted by Gasteiger charge is -2.33. The first-order valence-corrected chi connectivity index (χ1v) is 15.5. The number of amides is 2. The lowest BCUT2D eigenvalue weighted by Crippen LogP contribution is -2.53. The molecule has 0 unspecified atom stereocenters. The van der Waals surface area contributed by atoms with E-state index < -0.39 is 28.5 Å². The molecule has 0 bridgehead atoms. The number of benzene rings is 3. The molecule has 41 heavy (non-hydrogen) atoms. The molecule has 0 saturated heterocycles. The van der Waals surface area contributed by atoms with Crippen molar-refractivity contribution in [1.82, 2.24) is 10.2 Å². The molecule has 0 spiro atoms. The molecule has 0 fully saturated rings. The van der Waals surface area contributed by atoms with Crippen LogP contribution in [0.2, 0.25) is 0 Å². The third-order valence-electron chi connectivity index (χ3n) is 6.91. The number of anilines is 1. The van der Waals surface area contributed by atoms with Gasteiger partial charge in [0, 0.05) is 12.6 Å². The maximum Gasteiger partial charge on any atom is 0.264 e. The first-order chi connectivity index (χ1) is 19.6. The zero-order valence-electron chi connectivity index (χ0n) is 24.5. The van der Waals surface area contributed by atoms with E-state index >= 15 is 0 Å². The average molecular weight is 580 g/mol. The summed E-state index contributed by atoms with van der Waals surface area (Å²) in [6.45, 7) is 9.62. The van der Waals surface area contributed by atoms with Crippen LogP contribution in [0.15, 0.2) is 83.8 Å². The van der Waals surface area contributed by atoms with Crippen molar-refractivity contribution in [3.63, 3.8) is 0 Å². The first-order valence-electron chi connectivity index (χ1n) is 14.1. The molecule has 0 heterocycles. The highest BCUT2D eigenvalue weighted by molar-refractivity contribution is 7.92. The number of sulfonamides is 1. The Kier molecular flexibility index (Phi) is 11.3. The lowest BCUT2D eigenvalue weighted by atomic mass is 10.1. The van der Waals surface area contributed by atoms with Crippen LogP contribution in [0.4, 0.5) is 5.69 Å². The summed E-state index contributed by atoms with van der Waals surface area (Å²) in [6, 6.07) is 21.7. The lowest BCUT2D eigenvalue weighted by molar-refractivity contribution is -0.140. The molecule has 0 aliphatic rings. The molecule has 9 heteroatoms. The maximum absolute atomic E-state index is 14.1. The standard InChI is InChI=1S/C32H41N3O5S/c1-6-25(5)33-32(37)30(7-2)34(22-26-12-10-9-11-13-26)31(36)23-35(27-16-18-28(19-17-27)40-8-3)41(38,39)29-20-14-24(4)15-21-29/h9-21,25,30H,6-8,22-23H2,1-5H3,(H,33,37)/t25-,30-/m1/s1. The third-order valence-corrected chi connectivity index (χ3v) is 8.69. The van der Waals surface area contributed by atoms with E-state index in [0.717, 1.165) is 21.9 Å². The van der Waals surface area contributed by atoms with Crippen molar-refractivity contribution in [3.05, 3.63) is 90.0 Å². The zero-order chi connectivity index (χ0) is 30.0. The Bertz CT molecular complexity index is 1380. The van der Waals surface area contributed by atoms with Crippen LogP contribution in [0.3, 0.4) is 0 Å². The summed E-state index contributed by atoms with van der Waals surface area (Å²) in [6.07, 6.45) is 1.11. The van der Waals surface area contributed by atoms with Crippen molar-refractivity contribution < 1.29 is 22.7 Å². The van der Waals surface area contributed by atoms with Gasteiger partial charge in [0.2, 0.25) is 11.8 Å². The molecule has 2 amide bonds. The summed E-state index contributed by atoms with van der Waals surface area (Å²) in [5, 5.41) is 2.99. The summed E-state index contributed by atoms with van der Waals surface area (Å²) < 4.78 is 34.6. The highest BCUT2D eigenvalue weighted by Gasteiger charge is 2.34. The molecule has 8 nitrogen and oxygen atoms in total. The molecule has 1 N–H and O–H groups in total. The second-order valence-corrected chi connectivity index (χ2v) is 11.9. The van der Waals surface area contributed by atoms with E-state index in [9.17, 15) is 18.0 Å². The molecule has 0 aliphatic carbocycles. The third kappa shape index (κ3) is 8.33. The Labute approximate surface area is 244 Å². The van der Waals surface area contributed by atoms with E-state index in [2.05, 4.69) is 5.32 Å². The van der Waals surface area contributed by atoms with Gasteiger partial charge in [-0.25, -0.2) is 8.42 Å². The predicted molar refractivity (Wildman–Crippen MR) is 162 cm³/mol. The fraction of sp³-hybridized carbons (Fsp3) is 0.375. The molecule has 0 radical (unpaired) electrons. The minimum absolute atomic E-state index is 0.0625. The van der Waals surface area contributed by atoms with Crippen molar-refractivity contribution in [1.29, 1.82) is 0 Å². The molecular formula is C32H41N3O5S. The zero-order valence-corrected chi connectivity index (χ0v) is 25.4. The number of hydrogen-bond donors (Lipinski definition) is 1. The van der Waals surface area contributed by atoms with Crippen LogP contribution < -0.4 is 14.4 Å². The molecule has 0 aromatic heterocycles. The highest BCUT2D eigenvalue weighted by Crippen LogP contribution is 2.27. The number of aryl methyl sites for hydroxylation is 1. The number of rotatable bonds is 14. The van der Waals surface area contributed by atoms with Crippen LogP contribution in [0.1, 0.15) is 51.7 Å². The van der Waals surface area contributed by atoms with Gasteiger partial charge in [0.05, 0.1) is 17.2 Å². The van der Waals surface area contributed by atoms with Gasteiger partial charge in [0.1, 0.15) is 18.3 Å². The Morgan fingerprint density at radius 1 is 0.878 bits per heavy atom. The summed E-state index contributed by atoms with van der Waals surface area (Å²) in [5.74, 6) is -0.154. The maximum atomic E-state index is 14.1. The normalized spacial score (nSPS) is 12.7. The smallest absolute Gasteiger partial charge is 0.264 e. The van der Waals surface area contributed by atoms with E-state index in [4.69, 9.17) is 4.74 Å². The summed E-state index contributed by atoms with van der Waals surface area (Å²) in [5.41, 5.74) is 2.07. The summed E-state index contributed by atoms with van der Waals surface area (Å²) in [4.78, 5) is 29.0. The van der Waals surface area contributed by atoms with Crippen LogP contribution in [0, 0.1) is 6.92 Å². The van der Waals surface area contributed by atoms with Gasteiger partial charge in [-0.2, -0.15) is 0 Å². The van der Waals surface area contributed by atoms with E-state index in [-0.39, 0.29) is 23.4 Å². The quantitative estimate of drug-likeness (QED) is 0.279. The van der Waals surface area contributed by atoms with Crippen molar-refractivity contribution in [2.75, 3.05) is 17.5 Å². The topological polar surface area (TPSA) is 96.0 Å². The fourth-order valence-electron chi connectivity index (χ4n) is 4.38. The number of nitrogens with zero attached hydrogens (tertiary/aromatic N) is 2. The van der Waals surface area contributed by atoms with Gasteiger partial charge in [0.15, 0.2) is 0 Å². The molecule has 3 aromatic carbocycles. The molecule has 0 aliphatic heterocycles. The van der Waals surface area contributed by atoms with E-state index in [1.54, 1.807) is 36.4 Å². The van der Waals surface area contributed by atoms with Gasteiger partial charge in [-0.05, 0) is 75.6 Å². The highest BCUT2D eigenvalue weighted by atomic mass is 32.2. The Morgan fingerprint density at radius 2 is 1.51 bits per heavy atom. The first kappa shape index (κ1) is 31.7. The molecule has 220 valence electrons. The number of hydrogen-bond acceptors (Lipinski definition) is 5. The van der Waals surface area contributed by atoms with E-state index in [1.807, 2.05) is 65.0 Å². The molecule has 2 atom stereocenters. The van der Waals surface area contributed by atoms with Gasteiger partial charge in [-0.1, -0.05) is 61.9 Å². The molecule has 0 saturated carbocycles. The number of ether oxygens (including phenoxy) is 1. The Balaban J connectivity index is 2.04. The Morgan fingerprint density at radius 3 is 2.07 bits per heavy atom. The minimum atomic E-state index is -4.13. The van der Waals surface area contributed by atoms with Gasteiger partial charge < -0.3 is 15.0 Å². The van der Waals surface area contributed by atoms with Gasteiger partial charge in [0.25, 0.3) is 10.0 Å². The Hall–Kier alpha value is -3.85. The summed E-state index contributed by atoms with van der Waals surface area (Å²) >= 11 is 0. The molecule has 3 aromatic rings. The van der Waals surface area contributed by atoms with Crippen LogP contribution in [-0.2, 0) is 26.2 Å². The van der Waals surface area contributed by atoms with Crippen LogP contribution in [0.5, 0.6) is 5.75 Å². The van der Waals surface area contributed by atoms with Crippen molar-refractivity contribution in [2.45, 2.75) is 71.0 Å². The fourth-order valence-corrected chi connectivity index (χ4v) is 5.80. The average Bonchev–Trinajstić information content (AvgIpc) is 2.97. The second kappa shape index (κ2) is 14.7. The van der Waals surface area contributed by atoms with E-state index in [0.29, 0.717) is 24.5 Å². The van der Waals surface area contributed by atoms with Crippen LogP contribution in [-0.4, -0.2) is 50.4 Å². The van der Waals surface area contributed by atoms with Crippen molar-refractivity contribution >= 4 is 27.5 Å². The van der Waals surface area contributed by atoms with Crippen LogP contribution >= 0.6 is 0 Å². The monoisotopic (exact) mass is 579 g/mol. The largest absolute Gasteiger partial charge is 0.494 e. The van der Waals surface area contributed by atoms with Crippen LogP contribution in [0.25, 0.3) is 0 Å². The minimum Gasteiger partial charge on any atom is -0.494 e. The van der Waals surface area contributed by atoms with E-state index in [1.165, 1.54) is 17.0 Å². The van der Waals surface area contributed by atoms with Gasteiger partial charge >= 0.3 is 0 Å². The van der Waals surface area contributed by atoms with Gasteiger partial charge in [-0.3, -0.25) is 13.9 Å². The summed E-state index contributed by atoms with van der Waals surface area (Å²) in [7, 11) is -4.13. The number of nitrogens with one attached hydrogen (secondary N) is 1. The van der Waals surface area contributed by atoms with Crippen molar-refractivity contribution in [3.8, 4) is 5.75 Å². The predicted octanol–water partition coefficient (Wildman–Crippen LogP) is 5.31. The molecule has 3 rings (SSSR count). The van der Waals surface area contributed by atoms with Gasteiger partial charge in [-0.15, -0.1) is 0 Å². The second-order valence-electron chi connectivity index (χ2n) is 10.0. The molecular weight excluding hydrogens is 538 g/mol. The van der Waals surface area contributed by atoms with Crippen molar-refractivity contribution in [2.24, 2.45) is 0 Å². The number of carbonyl (C=O) groups is 2. The number of carbonyl (C=O) groups excluding carboxylic acids is 2.